The Bertz CT molecular complexity index is 962. The fourth-order valence-electron chi connectivity index (χ4n) is 3.48. The van der Waals surface area contributed by atoms with Crippen molar-refractivity contribution in [1.82, 2.24) is 20.4 Å². The summed E-state index contributed by atoms with van der Waals surface area (Å²) >= 11 is 0. The Labute approximate surface area is 173 Å². The van der Waals surface area contributed by atoms with Crippen molar-refractivity contribution in [2.24, 2.45) is 0 Å². The minimum absolute atomic E-state index is 0.0780. The second kappa shape index (κ2) is 9.39. The van der Waals surface area contributed by atoms with Crippen molar-refractivity contribution in [1.29, 1.82) is 0 Å². The second-order valence-electron chi connectivity index (χ2n) is 7.11. The fourth-order valence-corrected chi connectivity index (χ4v) is 3.48. The number of ether oxygens (including phenoxy) is 1. The third kappa shape index (κ3) is 4.94. The molecule has 1 fully saturated rings. The van der Waals surface area contributed by atoms with Crippen LogP contribution >= 0.6 is 0 Å². The molecule has 1 aliphatic rings. The van der Waals surface area contributed by atoms with Gasteiger partial charge in [-0.1, -0.05) is 35.5 Å². The van der Waals surface area contributed by atoms with Crippen LogP contribution in [0, 0.1) is 5.82 Å². The van der Waals surface area contributed by atoms with Gasteiger partial charge in [0.25, 0.3) is 5.89 Å². The summed E-state index contributed by atoms with van der Waals surface area (Å²) in [7, 11) is 0. The highest BCUT2D eigenvalue weighted by Gasteiger charge is 2.33. The summed E-state index contributed by atoms with van der Waals surface area (Å²) in [5, 5.41) is 7.01. The molecule has 2 aromatic carbocycles. The van der Waals surface area contributed by atoms with Gasteiger partial charge >= 0.3 is 6.03 Å². The summed E-state index contributed by atoms with van der Waals surface area (Å²) in [6, 6.07) is 15.4. The highest BCUT2D eigenvalue weighted by atomic mass is 19.1. The number of urea groups is 1. The Morgan fingerprint density at radius 1 is 1.20 bits per heavy atom. The zero-order chi connectivity index (χ0) is 20.8. The average molecular weight is 410 g/mol. The largest absolute Gasteiger partial charge is 0.484 e. The molecule has 3 aromatic rings. The van der Waals surface area contributed by atoms with Gasteiger partial charge in [-0.15, -0.1) is 0 Å². The quantitative estimate of drug-likeness (QED) is 0.639. The Morgan fingerprint density at radius 2 is 2.00 bits per heavy atom. The molecule has 156 valence electrons. The van der Waals surface area contributed by atoms with Crippen LogP contribution in [0.25, 0.3) is 0 Å². The highest BCUT2D eigenvalue weighted by Crippen LogP contribution is 2.30. The second-order valence-corrected chi connectivity index (χ2v) is 7.11. The Morgan fingerprint density at radius 3 is 2.80 bits per heavy atom. The van der Waals surface area contributed by atoms with Gasteiger partial charge in [-0.2, -0.15) is 4.98 Å². The van der Waals surface area contributed by atoms with Crippen LogP contribution in [-0.2, 0) is 13.0 Å². The lowest BCUT2D eigenvalue weighted by Crippen LogP contribution is -2.40. The van der Waals surface area contributed by atoms with E-state index in [4.69, 9.17) is 9.26 Å². The van der Waals surface area contributed by atoms with Crippen molar-refractivity contribution in [3.05, 3.63) is 77.7 Å². The standard InChI is InChI=1S/C22H23FN4O3/c23-17-8-10-18(11-9-17)29-15-20-25-21(26-30-20)19-7-4-14-27(19)22(28)24-13-12-16-5-2-1-3-6-16/h1-3,5-6,8-11,19H,4,7,12-15H2,(H,24,28). The minimum atomic E-state index is -0.328. The molecule has 7 nitrogen and oxygen atoms in total. The molecule has 1 aromatic heterocycles. The van der Waals surface area contributed by atoms with Crippen LogP contribution < -0.4 is 10.1 Å². The molecule has 1 unspecified atom stereocenters. The van der Waals surface area contributed by atoms with Crippen LogP contribution in [0.15, 0.2) is 59.1 Å². The topological polar surface area (TPSA) is 80.5 Å². The van der Waals surface area contributed by atoms with Crippen LogP contribution in [0.5, 0.6) is 5.75 Å². The number of carbonyl (C=O) groups is 1. The number of carbonyl (C=O) groups excluding carboxylic acids is 1. The number of nitrogens with one attached hydrogen (secondary N) is 1. The normalized spacial score (nSPS) is 15.9. The zero-order valence-corrected chi connectivity index (χ0v) is 16.5. The Hall–Kier alpha value is -3.42. The first-order valence-corrected chi connectivity index (χ1v) is 9.98. The van der Waals surface area contributed by atoms with E-state index in [1.54, 1.807) is 4.90 Å². The molecule has 1 aliphatic heterocycles. The molecule has 2 amide bonds. The van der Waals surface area contributed by atoms with Gasteiger partial charge in [0, 0.05) is 13.1 Å². The van der Waals surface area contributed by atoms with Crippen molar-refractivity contribution in [2.75, 3.05) is 13.1 Å². The van der Waals surface area contributed by atoms with Crippen molar-refractivity contribution in [3.63, 3.8) is 0 Å². The van der Waals surface area contributed by atoms with Crippen LogP contribution in [0.2, 0.25) is 0 Å². The van der Waals surface area contributed by atoms with Crippen molar-refractivity contribution >= 4 is 6.03 Å². The molecule has 1 N–H and O–H groups in total. The van der Waals surface area contributed by atoms with Gasteiger partial charge in [0.05, 0.1) is 6.04 Å². The number of amides is 2. The SMILES string of the molecule is O=C(NCCc1ccccc1)N1CCCC1c1noc(COc2ccc(F)cc2)n1. The van der Waals surface area contributed by atoms with E-state index >= 15 is 0 Å². The first kappa shape index (κ1) is 19.9. The molecule has 0 radical (unpaired) electrons. The van der Waals surface area contributed by atoms with E-state index in [-0.39, 0.29) is 24.5 Å². The van der Waals surface area contributed by atoms with Crippen molar-refractivity contribution < 1.29 is 18.4 Å². The third-order valence-electron chi connectivity index (χ3n) is 5.00. The van der Waals surface area contributed by atoms with Gasteiger partial charge in [-0.25, -0.2) is 9.18 Å². The fraction of sp³-hybridized carbons (Fsp3) is 0.318. The first-order chi connectivity index (χ1) is 14.7. The summed E-state index contributed by atoms with van der Waals surface area (Å²) in [5.74, 6) is 0.969. The number of rotatable bonds is 7. The third-order valence-corrected chi connectivity index (χ3v) is 5.00. The van der Waals surface area contributed by atoms with Crippen molar-refractivity contribution in [3.8, 4) is 5.75 Å². The smallest absolute Gasteiger partial charge is 0.318 e. The van der Waals surface area contributed by atoms with E-state index in [2.05, 4.69) is 15.5 Å². The molecule has 1 saturated heterocycles. The Kier molecular flexibility index (Phi) is 6.22. The number of likely N-dealkylation sites (tertiary alicyclic amines) is 1. The molecule has 2 heterocycles. The number of hydrogen-bond donors (Lipinski definition) is 1. The number of halogens is 1. The van der Waals surface area contributed by atoms with E-state index in [0.717, 1.165) is 19.3 Å². The highest BCUT2D eigenvalue weighted by molar-refractivity contribution is 5.75. The minimum Gasteiger partial charge on any atom is -0.484 e. The lowest BCUT2D eigenvalue weighted by Gasteiger charge is -2.22. The summed E-state index contributed by atoms with van der Waals surface area (Å²) in [6.07, 6.45) is 2.44. The molecule has 0 saturated carbocycles. The maximum atomic E-state index is 13.0. The average Bonchev–Trinajstić information content (AvgIpc) is 3.43. The van der Waals surface area contributed by atoms with Gasteiger partial charge < -0.3 is 19.5 Å². The van der Waals surface area contributed by atoms with Gasteiger partial charge in [0.2, 0.25) is 0 Å². The van der Waals surface area contributed by atoms with Gasteiger partial charge in [-0.05, 0) is 49.1 Å². The molecule has 0 bridgehead atoms. The molecular formula is C22H23FN4O3. The summed E-state index contributed by atoms with van der Waals surface area (Å²) in [4.78, 5) is 18.8. The van der Waals surface area contributed by atoms with E-state index < -0.39 is 0 Å². The number of aromatic nitrogens is 2. The molecule has 4 rings (SSSR count). The van der Waals surface area contributed by atoms with Crippen LogP contribution in [0.1, 0.15) is 36.2 Å². The number of benzene rings is 2. The molecule has 8 heteroatoms. The molecule has 1 atom stereocenters. The van der Waals surface area contributed by atoms with Crippen molar-refractivity contribution in [2.45, 2.75) is 31.9 Å². The molecular weight excluding hydrogens is 387 g/mol. The summed E-state index contributed by atoms with van der Waals surface area (Å²) in [6.45, 7) is 1.29. The predicted octanol–water partition coefficient (Wildman–Crippen LogP) is 3.88. The van der Waals surface area contributed by atoms with Gasteiger partial charge in [0.1, 0.15) is 11.6 Å². The molecule has 0 aliphatic carbocycles. The van der Waals surface area contributed by atoms with Gasteiger partial charge in [0.15, 0.2) is 12.4 Å². The van der Waals surface area contributed by atoms with Crippen LogP contribution in [0.3, 0.4) is 0 Å². The monoisotopic (exact) mass is 410 g/mol. The van der Waals surface area contributed by atoms with E-state index in [1.807, 2.05) is 30.3 Å². The van der Waals surface area contributed by atoms with E-state index in [0.29, 0.717) is 30.6 Å². The summed E-state index contributed by atoms with van der Waals surface area (Å²) in [5.41, 5.74) is 1.18. The molecule has 0 spiro atoms. The maximum absolute atomic E-state index is 13.0. The lowest BCUT2D eigenvalue weighted by molar-refractivity contribution is 0.190. The van der Waals surface area contributed by atoms with Crippen LogP contribution in [0.4, 0.5) is 9.18 Å². The molecule has 30 heavy (non-hydrogen) atoms. The maximum Gasteiger partial charge on any atom is 0.318 e. The first-order valence-electron chi connectivity index (χ1n) is 9.98. The lowest BCUT2D eigenvalue weighted by atomic mass is 10.1. The predicted molar refractivity (Wildman–Crippen MR) is 107 cm³/mol. The van der Waals surface area contributed by atoms with Crippen LogP contribution in [-0.4, -0.2) is 34.2 Å². The zero-order valence-electron chi connectivity index (χ0n) is 16.5. The summed E-state index contributed by atoms with van der Waals surface area (Å²) < 4.78 is 23.8. The number of nitrogens with zero attached hydrogens (tertiary/aromatic N) is 3. The van der Waals surface area contributed by atoms with Gasteiger partial charge in [-0.3, -0.25) is 0 Å². The van der Waals surface area contributed by atoms with E-state index in [9.17, 15) is 9.18 Å². The van der Waals surface area contributed by atoms with E-state index in [1.165, 1.54) is 29.8 Å². The number of hydrogen-bond acceptors (Lipinski definition) is 5. The Balaban J connectivity index is 1.30.